The molecule has 1 aromatic heterocycles. The molecule has 0 radical (unpaired) electrons. The smallest absolute Gasteiger partial charge is 0.129 e. The van der Waals surface area contributed by atoms with Crippen molar-refractivity contribution in [2.75, 3.05) is 25.7 Å². The lowest BCUT2D eigenvalue weighted by molar-refractivity contribution is 0.183. The predicted molar refractivity (Wildman–Crippen MR) is 80.6 cm³/mol. The molecule has 108 valence electrons. The van der Waals surface area contributed by atoms with Crippen molar-refractivity contribution in [3.05, 3.63) is 23.4 Å². The van der Waals surface area contributed by atoms with Gasteiger partial charge < -0.3 is 15.4 Å². The van der Waals surface area contributed by atoms with E-state index in [4.69, 9.17) is 15.5 Å². The van der Waals surface area contributed by atoms with Gasteiger partial charge in [0.15, 0.2) is 0 Å². The number of nitrogens with two attached hydrogens (primary N) is 1. The van der Waals surface area contributed by atoms with Crippen molar-refractivity contribution < 1.29 is 4.74 Å². The van der Waals surface area contributed by atoms with E-state index >= 15 is 0 Å². The first-order valence-electron chi connectivity index (χ1n) is 6.73. The number of methoxy groups -OCH3 is 1. The predicted octanol–water partition coefficient (Wildman–Crippen LogP) is 2.31. The molecule has 0 amide bonds. The fraction of sp³-hybridized carbons (Fsp3) is 0.667. The Hall–Kier alpha value is -1.13. The molecule has 4 nitrogen and oxygen atoms in total. The second kappa shape index (κ2) is 6.35. The molecule has 0 bridgehead atoms. The number of rotatable bonds is 5. The molecule has 0 aromatic carbocycles. The topological polar surface area (TPSA) is 51.4 Å². The fourth-order valence-corrected chi connectivity index (χ4v) is 1.83. The van der Waals surface area contributed by atoms with E-state index in [0.29, 0.717) is 13.2 Å². The third-order valence-corrected chi connectivity index (χ3v) is 3.31. The van der Waals surface area contributed by atoms with Crippen molar-refractivity contribution in [1.29, 1.82) is 0 Å². The second-order valence-corrected chi connectivity index (χ2v) is 6.09. The summed E-state index contributed by atoms with van der Waals surface area (Å²) in [5.74, 6) is 0.956. The van der Waals surface area contributed by atoms with Gasteiger partial charge in [-0.3, -0.25) is 0 Å². The maximum absolute atomic E-state index is 5.79. The van der Waals surface area contributed by atoms with Gasteiger partial charge in [-0.1, -0.05) is 20.8 Å². The molecule has 0 spiro atoms. The lowest BCUT2D eigenvalue weighted by Crippen LogP contribution is -2.34. The van der Waals surface area contributed by atoms with E-state index in [1.807, 2.05) is 7.05 Å². The van der Waals surface area contributed by atoms with Crippen molar-refractivity contribution in [3.8, 4) is 0 Å². The van der Waals surface area contributed by atoms with Gasteiger partial charge >= 0.3 is 0 Å². The number of pyridine rings is 1. The van der Waals surface area contributed by atoms with Crippen molar-refractivity contribution in [1.82, 2.24) is 4.98 Å². The molecule has 0 saturated heterocycles. The van der Waals surface area contributed by atoms with Crippen LogP contribution in [0.3, 0.4) is 0 Å². The first kappa shape index (κ1) is 15.9. The third kappa shape index (κ3) is 4.18. The zero-order valence-electron chi connectivity index (χ0n) is 13.0. The Kier molecular flexibility index (Phi) is 5.32. The summed E-state index contributed by atoms with van der Waals surface area (Å²) in [6.07, 6.45) is 0. The van der Waals surface area contributed by atoms with Crippen LogP contribution in [0.25, 0.3) is 0 Å². The lowest BCUT2D eigenvalue weighted by Gasteiger charge is -2.28. The number of aromatic nitrogens is 1. The van der Waals surface area contributed by atoms with Gasteiger partial charge in [-0.2, -0.15) is 0 Å². The minimum absolute atomic E-state index is 0.0191. The van der Waals surface area contributed by atoms with Gasteiger partial charge in [-0.05, 0) is 24.6 Å². The Balaban J connectivity index is 3.13. The molecule has 0 fully saturated rings. The summed E-state index contributed by atoms with van der Waals surface area (Å²) in [6.45, 7) is 9.83. The summed E-state index contributed by atoms with van der Waals surface area (Å²) in [7, 11) is 3.76. The lowest BCUT2D eigenvalue weighted by atomic mass is 9.90. The van der Waals surface area contributed by atoms with Crippen LogP contribution in [0, 0.1) is 0 Å². The molecular weight excluding hydrogens is 238 g/mol. The molecule has 0 saturated carbocycles. The van der Waals surface area contributed by atoms with E-state index in [9.17, 15) is 0 Å². The fourth-order valence-electron chi connectivity index (χ4n) is 1.83. The van der Waals surface area contributed by atoms with Gasteiger partial charge in [0.05, 0.1) is 12.6 Å². The molecule has 1 aromatic rings. The van der Waals surface area contributed by atoms with Crippen LogP contribution in [-0.4, -0.2) is 31.8 Å². The van der Waals surface area contributed by atoms with Crippen LogP contribution in [0.4, 0.5) is 5.82 Å². The maximum Gasteiger partial charge on any atom is 0.129 e. The van der Waals surface area contributed by atoms with Gasteiger partial charge in [0.1, 0.15) is 5.82 Å². The summed E-state index contributed by atoms with van der Waals surface area (Å²) in [5.41, 5.74) is 8.00. The Morgan fingerprint density at radius 1 is 1.37 bits per heavy atom. The Morgan fingerprint density at radius 2 is 2.00 bits per heavy atom. The highest BCUT2D eigenvalue weighted by Crippen LogP contribution is 2.25. The largest absolute Gasteiger partial charge is 0.383 e. The number of nitrogens with zero attached hydrogens (tertiary/aromatic N) is 2. The number of anilines is 1. The number of ether oxygens (including phenoxy) is 1. The molecule has 0 aliphatic heterocycles. The zero-order valence-corrected chi connectivity index (χ0v) is 13.0. The van der Waals surface area contributed by atoms with Crippen LogP contribution in [0.15, 0.2) is 12.1 Å². The monoisotopic (exact) mass is 265 g/mol. The molecule has 4 heteroatoms. The summed E-state index contributed by atoms with van der Waals surface area (Å²) in [4.78, 5) is 6.91. The summed E-state index contributed by atoms with van der Waals surface area (Å²) in [5, 5.41) is 0. The van der Waals surface area contributed by atoms with Gasteiger partial charge in [0, 0.05) is 31.8 Å². The molecule has 19 heavy (non-hydrogen) atoms. The molecule has 1 atom stereocenters. The molecule has 2 N–H and O–H groups in total. The third-order valence-electron chi connectivity index (χ3n) is 3.31. The molecular formula is C15H27N3O. The molecule has 1 rings (SSSR count). The van der Waals surface area contributed by atoms with Crippen molar-refractivity contribution in [3.63, 3.8) is 0 Å². The Bertz CT molecular complexity index is 412. The quantitative estimate of drug-likeness (QED) is 0.887. The Morgan fingerprint density at radius 3 is 2.47 bits per heavy atom. The SMILES string of the molecule is COCC(C)N(C)c1cc(CN)cc(C(C)(C)C)n1. The van der Waals surface area contributed by atoms with Crippen molar-refractivity contribution >= 4 is 5.82 Å². The van der Waals surface area contributed by atoms with Crippen molar-refractivity contribution in [2.45, 2.75) is 45.7 Å². The van der Waals surface area contributed by atoms with Crippen LogP contribution in [0.5, 0.6) is 0 Å². The zero-order chi connectivity index (χ0) is 14.6. The Labute approximate surface area is 117 Å². The van der Waals surface area contributed by atoms with Gasteiger partial charge in [-0.25, -0.2) is 4.98 Å². The normalized spacial score (nSPS) is 13.4. The molecule has 0 aliphatic rings. The van der Waals surface area contributed by atoms with Crippen LogP contribution in [0.1, 0.15) is 39.0 Å². The van der Waals surface area contributed by atoms with E-state index in [2.05, 4.69) is 44.7 Å². The number of hydrogen-bond donors (Lipinski definition) is 1. The highest BCUT2D eigenvalue weighted by molar-refractivity contribution is 5.44. The second-order valence-electron chi connectivity index (χ2n) is 6.09. The average Bonchev–Trinajstić information content (AvgIpc) is 2.36. The first-order valence-corrected chi connectivity index (χ1v) is 6.73. The van der Waals surface area contributed by atoms with Crippen LogP contribution < -0.4 is 10.6 Å². The van der Waals surface area contributed by atoms with E-state index in [0.717, 1.165) is 17.1 Å². The van der Waals surface area contributed by atoms with Gasteiger partial charge in [0.2, 0.25) is 0 Å². The van der Waals surface area contributed by atoms with E-state index < -0.39 is 0 Å². The minimum Gasteiger partial charge on any atom is -0.383 e. The standard InChI is InChI=1S/C15H27N3O/c1-11(10-19-6)18(5)14-8-12(9-16)7-13(17-14)15(2,3)4/h7-8,11H,9-10,16H2,1-6H3. The number of hydrogen-bond acceptors (Lipinski definition) is 4. The average molecular weight is 265 g/mol. The van der Waals surface area contributed by atoms with Crippen LogP contribution in [0.2, 0.25) is 0 Å². The van der Waals surface area contributed by atoms with E-state index in [1.165, 1.54) is 0 Å². The van der Waals surface area contributed by atoms with Crippen molar-refractivity contribution in [2.24, 2.45) is 5.73 Å². The minimum atomic E-state index is 0.0191. The molecule has 0 aliphatic carbocycles. The molecule has 1 heterocycles. The first-order chi connectivity index (χ1) is 8.79. The van der Waals surface area contributed by atoms with Gasteiger partial charge in [-0.15, -0.1) is 0 Å². The summed E-state index contributed by atoms with van der Waals surface area (Å²) >= 11 is 0. The number of likely N-dealkylation sites (N-methyl/N-ethyl adjacent to an activating group) is 1. The summed E-state index contributed by atoms with van der Waals surface area (Å²) < 4.78 is 5.21. The summed E-state index contributed by atoms with van der Waals surface area (Å²) in [6, 6.07) is 4.43. The van der Waals surface area contributed by atoms with Crippen LogP contribution >= 0.6 is 0 Å². The maximum atomic E-state index is 5.79. The molecule has 1 unspecified atom stereocenters. The van der Waals surface area contributed by atoms with Crippen LogP contribution in [-0.2, 0) is 16.7 Å². The highest BCUT2D eigenvalue weighted by atomic mass is 16.5. The van der Waals surface area contributed by atoms with E-state index in [1.54, 1.807) is 7.11 Å². The highest BCUT2D eigenvalue weighted by Gasteiger charge is 2.19. The van der Waals surface area contributed by atoms with E-state index in [-0.39, 0.29) is 11.5 Å². The van der Waals surface area contributed by atoms with Gasteiger partial charge in [0.25, 0.3) is 0 Å².